The van der Waals surface area contributed by atoms with Crippen LogP contribution in [0.5, 0.6) is 0 Å². The fourth-order valence-corrected chi connectivity index (χ4v) is 1.98. The fraction of sp³-hybridized carbons (Fsp3) is 0.500. The second-order valence-electron chi connectivity index (χ2n) is 3.34. The van der Waals surface area contributed by atoms with Crippen molar-refractivity contribution in [3.63, 3.8) is 0 Å². The first kappa shape index (κ1) is 7.59. The highest BCUT2D eigenvalue weighted by molar-refractivity contribution is 5.43. The van der Waals surface area contributed by atoms with E-state index in [0.717, 1.165) is 6.42 Å². The zero-order chi connectivity index (χ0) is 8.55. The molecule has 2 rings (SSSR count). The molecule has 0 unspecified atom stereocenters. The Hall–Kier alpha value is -1.05. The third kappa shape index (κ3) is 1.07. The van der Waals surface area contributed by atoms with Crippen LogP contribution in [-0.2, 0) is 19.3 Å². The van der Waals surface area contributed by atoms with Gasteiger partial charge < -0.3 is 5.73 Å². The molecule has 0 radical (unpaired) electrons. The fourth-order valence-electron chi connectivity index (χ4n) is 1.98. The lowest BCUT2D eigenvalue weighted by molar-refractivity contribution is 0.899. The summed E-state index contributed by atoms with van der Waals surface area (Å²) in [5.74, 6) is 0.688. The number of anilines is 1. The third-order valence-corrected chi connectivity index (χ3v) is 2.53. The molecule has 1 aromatic rings. The molecule has 0 bridgehead atoms. The van der Waals surface area contributed by atoms with Crippen LogP contribution >= 0.6 is 0 Å². The largest absolute Gasteiger partial charge is 0.384 e. The van der Waals surface area contributed by atoms with Gasteiger partial charge in [0, 0.05) is 5.69 Å². The minimum Gasteiger partial charge on any atom is -0.384 e. The molecule has 0 atom stereocenters. The van der Waals surface area contributed by atoms with Crippen LogP contribution < -0.4 is 5.73 Å². The molecule has 64 valence electrons. The number of nitrogens with zero attached hydrogens (tertiary/aromatic N) is 1. The van der Waals surface area contributed by atoms with E-state index in [4.69, 9.17) is 5.73 Å². The maximum Gasteiger partial charge on any atom is 0.123 e. The van der Waals surface area contributed by atoms with Gasteiger partial charge in [-0.05, 0) is 42.9 Å². The lowest BCUT2D eigenvalue weighted by Gasteiger charge is -2.05. The second-order valence-corrected chi connectivity index (χ2v) is 3.34. The Balaban J connectivity index is 2.55. The zero-order valence-electron chi connectivity index (χ0n) is 7.43. The molecule has 0 spiro atoms. The molecule has 0 aromatic carbocycles. The van der Waals surface area contributed by atoms with Crippen LogP contribution in [0.25, 0.3) is 0 Å². The summed E-state index contributed by atoms with van der Waals surface area (Å²) in [6.07, 6.45) is 4.67. The van der Waals surface area contributed by atoms with Crippen molar-refractivity contribution in [1.29, 1.82) is 0 Å². The van der Waals surface area contributed by atoms with E-state index in [2.05, 4.69) is 11.9 Å². The molecule has 2 N–H and O–H groups in total. The van der Waals surface area contributed by atoms with Gasteiger partial charge in [-0.3, -0.25) is 0 Å². The van der Waals surface area contributed by atoms with Crippen molar-refractivity contribution in [2.45, 2.75) is 32.6 Å². The van der Waals surface area contributed by atoms with E-state index in [-0.39, 0.29) is 0 Å². The molecule has 1 heterocycles. The van der Waals surface area contributed by atoms with Crippen molar-refractivity contribution < 1.29 is 0 Å². The first-order valence-corrected chi connectivity index (χ1v) is 4.58. The lowest BCUT2D eigenvalue weighted by atomic mass is 10.1. The van der Waals surface area contributed by atoms with E-state index in [0.29, 0.717) is 5.82 Å². The monoisotopic (exact) mass is 162 g/mol. The van der Waals surface area contributed by atoms with Crippen LogP contribution in [-0.4, -0.2) is 4.98 Å². The summed E-state index contributed by atoms with van der Waals surface area (Å²) >= 11 is 0. The van der Waals surface area contributed by atoms with Crippen LogP contribution in [0, 0.1) is 0 Å². The van der Waals surface area contributed by atoms with Crippen molar-refractivity contribution >= 4 is 5.82 Å². The minimum absolute atomic E-state index is 0.688. The molecule has 0 saturated carbocycles. The number of rotatable bonds is 1. The highest BCUT2D eigenvalue weighted by Gasteiger charge is 2.15. The highest BCUT2D eigenvalue weighted by atomic mass is 14.8. The Morgan fingerprint density at radius 2 is 2.33 bits per heavy atom. The molecule has 1 aliphatic carbocycles. The van der Waals surface area contributed by atoms with Crippen molar-refractivity contribution in [3.8, 4) is 0 Å². The summed E-state index contributed by atoms with van der Waals surface area (Å²) in [5.41, 5.74) is 9.80. The predicted octanol–water partition coefficient (Wildman–Crippen LogP) is 1.71. The van der Waals surface area contributed by atoms with Gasteiger partial charge in [0.1, 0.15) is 5.82 Å². The third-order valence-electron chi connectivity index (χ3n) is 2.53. The Morgan fingerprint density at radius 3 is 3.08 bits per heavy atom. The SMILES string of the molecule is CCc1nc(N)cc2c1CCC2. The summed E-state index contributed by atoms with van der Waals surface area (Å²) in [6, 6.07) is 2.03. The molecule has 2 nitrogen and oxygen atoms in total. The van der Waals surface area contributed by atoms with Crippen LogP contribution in [0.4, 0.5) is 5.82 Å². The normalized spacial score (nSPS) is 14.8. The maximum atomic E-state index is 5.70. The van der Waals surface area contributed by atoms with Gasteiger partial charge in [0.05, 0.1) is 0 Å². The van der Waals surface area contributed by atoms with Gasteiger partial charge in [-0.15, -0.1) is 0 Å². The van der Waals surface area contributed by atoms with Crippen molar-refractivity contribution in [3.05, 3.63) is 22.9 Å². The summed E-state index contributed by atoms with van der Waals surface area (Å²) in [4.78, 5) is 4.34. The van der Waals surface area contributed by atoms with Gasteiger partial charge in [-0.25, -0.2) is 4.98 Å². The van der Waals surface area contributed by atoms with Gasteiger partial charge in [0.25, 0.3) is 0 Å². The predicted molar refractivity (Wildman–Crippen MR) is 50.1 cm³/mol. The summed E-state index contributed by atoms with van der Waals surface area (Å²) in [6.45, 7) is 2.14. The van der Waals surface area contributed by atoms with Crippen molar-refractivity contribution in [1.82, 2.24) is 4.98 Å². The topological polar surface area (TPSA) is 38.9 Å². The average Bonchev–Trinajstić information content (AvgIpc) is 2.50. The van der Waals surface area contributed by atoms with E-state index in [9.17, 15) is 0 Å². The number of nitrogens with two attached hydrogens (primary N) is 1. The van der Waals surface area contributed by atoms with Crippen LogP contribution in [0.1, 0.15) is 30.2 Å². The van der Waals surface area contributed by atoms with Crippen LogP contribution in [0.3, 0.4) is 0 Å². The standard InChI is InChI=1S/C10H14N2/c1-2-9-8-5-3-4-7(8)6-10(11)12-9/h6H,2-5H2,1H3,(H2,11,12). The molecule has 1 aromatic heterocycles. The van der Waals surface area contributed by atoms with Gasteiger partial charge in [-0.1, -0.05) is 6.92 Å². The smallest absolute Gasteiger partial charge is 0.123 e. The van der Waals surface area contributed by atoms with Crippen LogP contribution in [0.15, 0.2) is 6.07 Å². The molecule has 0 aliphatic heterocycles. The summed E-state index contributed by atoms with van der Waals surface area (Å²) in [7, 11) is 0. The number of aryl methyl sites for hydroxylation is 2. The Bertz CT molecular complexity index is 305. The number of pyridine rings is 1. The number of aromatic nitrogens is 1. The molecular weight excluding hydrogens is 148 g/mol. The lowest BCUT2D eigenvalue weighted by Crippen LogP contribution is -2.00. The molecule has 0 fully saturated rings. The molecular formula is C10H14N2. The van der Waals surface area contributed by atoms with E-state index in [1.165, 1.54) is 36.1 Å². The quantitative estimate of drug-likeness (QED) is 0.682. The van der Waals surface area contributed by atoms with E-state index >= 15 is 0 Å². The second kappa shape index (κ2) is 2.77. The Morgan fingerprint density at radius 1 is 1.50 bits per heavy atom. The molecule has 0 amide bonds. The van der Waals surface area contributed by atoms with Gasteiger partial charge in [0.15, 0.2) is 0 Å². The van der Waals surface area contributed by atoms with E-state index in [1.54, 1.807) is 0 Å². The first-order valence-electron chi connectivity index (χ1n) is 4.58. The number of fused-ring (bicyclic) bond motifs is 1. The zero-order valence-corrected chi connectivity index (χ0v) is 7.43. The maximum absolute atomic E-state index is 5.70. The van der Waals surface area contributed by atoms with Crippen molar-refractivity contribution in [2.24, 2.45) is 0 Å². The molecule has 0 saturated heterocycles. The first-order chi connectivity index (χ1) is 5.81. The number of hydrogen-bond donors (Lipinski definition) is 1. The Labute approximate surface area is 72.8 Å². The van der Waals surface area contributed by atoms with E-state index < -0.39 is 0 Å². The van der Waals surface area contributed by atoms with Crippen LogP contribution in [0.2, 0.25) is 0 Å². The molecule has 2 heteroatoms. The number of nitrogen functional groups attached to an aromatic ring is 1. The van der Waals surface area contributed by atoms with E-state index in [1.807, 2.05) is 6.07 Å². The summed E-state index contributed by atoms with van der Waals surface area (Å²) < 4.78 is 0. The van der Waals surface area contributed by atoms with Crippen molar-refractivity contribution in [2.75, 3.05) is 5.73 Å². The van der Waals surface area contributed by atoms with Gasteiger partial charge in [-0.2, -0.15) is 0 Å². The molecule has 12 heavy (non-hydrogen) atoms. The minimum atomic E-state index is 0.688. The van der Waals surface area contributed by atoms with Gasteiger partial charge >= 0.3 is 0 Å². The Kier molecular flexibility index (Phi) is 1.75. The highest BCUT2D eigenvalue weighted by Crippen LogP contribution is 2.25. The molecule has 1 aliphatic rings. The summed E-state index contributed by atoms with van der Waals surface area (Å²) in [5, 5.41) is 0. The van der Waals surface area contributed by atoms with Gasteiger partial charge in [0.2, 0.25) is 0 Å². The number of hydrogen-bond acceptors (Lipinski definition) is 2. The average molecular weight is 162 g/mol.